The molecule has 1 saturated heterocycles. The van der Waals surface area contributed by atoms with Gasteiger partial charge < -0.3 is 15.0 Å². The molecule has 0 amide bonds. The fraction of sp³-hybridized carbons (Fsp3) is 1.00. The second kappa shape index (κ2) is 5.99. The summed E-state index contributed by atoms with van der Waals surface area (Å²) in [4.78, 5) is 2.62. The molecule has 2 aliphatic rings. The molecule has 1 saturated carbocycles. The Balaban J connectivity index is 1.61. The SMILES string of the molecule is COCCC(C)N1CCC(CNC2CC2)C1. The Morgan fingerprint density at radius 2 is 2.19 bits per heavy atom. The lowest BCUT2D eigenvalue weighted by Gasteiger charge is -2.24. The highest BCUT2D eigenvalue weighted by atomic mass is 16.5. The van der Waals surface area contributed by atoms with Crippen molar-refractivity contribution in [3.8, 4) is 0 Å². The van der Waals surface area contributed by atoms with Gasteiger partial charge in [0.15, 0.2) is 0 Å². The summed E-state index contributed by atoms with van der Waals surface area (Å²) in [6.07, 6.45) is 5.34. The smallest absolute Gasteiger partial charge is 0.0477 e. The van der Waals surface area contributed by atoms with E-state index in [1.165, 1.54) is 45.3 Å². The van der Waals surface area contributed by atoms with Crippen LogP contribution in [0.3, 0.4) is 0 Å². The fourth-order valence-electron chi connectivity index (χ4n) is 2.52. The van der Waals surface area contributed by atoms with Crippen LogP contribution in [0.2, 0.25) is 0 Å². The first-order valence-corrected chi connectivity index (χ1v) is 6.76. The molecule has 3 nitrogen and oxygen atoms in total. The molecule has 2 unspecified atom stereocenters. The summed E-state index contributed by atoms with van der Waals surface area (Å²) in [5, 5.41) is 3.65. The largest absolute Gasteiger partial charge is 0.385 e. The van der Waals surface area contributed by atoms with Crippen LogP contribution in [0.15, 0.2) is 0 Å². The van der Waals surface area contributed by atoms with Gasteiger partial charge in [-0.2, -0.15) is 0 Å². The number of nitrogens with zero attached hydrogens (tertiary/aromatic N) is 1. The minimum Gasteiger partial charge on any atom is -0.385 e. The molecular weight excluding hydrogens is 200 g/mol. The van der Waals surface area contributed by atoms with E-state index >= 15 is 0 Å². The highest BCUT2D eigenvalue weighted by molar-refractivity contribution is 4.85. The Kier molecular flexibility index (Phi) is 4.62. The van der Waals surface area contributed by atoms with Crippen molar-refractivity contribution in [2.75, 3.05) is 33.4 Å². The maximum Gasteiger partial charge on any atom is 0.0477 e. The van der Waals surface area contributed by atoms with Gasteiger partial charge in [0, 0.05) is 32.3 Å². The first-order chi connectivity index (χ1) is 7.79. The molecule has 2 rings (SSSR count). The van der Waals surface area contributed by atoms with Crippen molar-refractivity contribution in [2.24, 2.45) is 5.92 Å². The lowest BCUT2D eigenvalue weighted by Crippen LogP contribution is -2.33. The minimum atomic E-state index is 0.686. The Bertz CT molecular complexity index is 206. The average Bonchev–Trinajstić information content (AvgIpc) is 3.00. The van der Waals surface area contributed by atoms with Crippen LogP contribution in [0.25, 0.3) is 0 Å². The third kappa shape index (κ3) is 3.72. The summed E-state index contributed by atoms with van der Waals surface area (Å²) in [5.74, 6) is 0.880. The van der Waals surface area contributed by atoms with Crippen LogP contribution in [-0.2, 0) is 4.74 Å². The monoisotopic (exact) mass is 226 g/mol. The van der Waals surface area contributed by atoms with Crippen molar-refractivity contribution in [1.82, 2.24) is 10.2 Å². The average molecular weight is 226 g/mol. The number of nitrogens with one attached hydrogen (secondary N) is 1. The van der Waals surface area contributed by atoms with Crippen molar-refractivity contribution in [3.05, 3.63) is 0 Å². The maximum atomic E-state index is 5.15. The molecule has 3 heteroatoms. The quantitative estimate of drug-likeness (QED) is 0.712. The molecule has 0 radical (unpaired) electrons. The van der Waals surface area contributed by atoms with Crippen LogP contribution in [0, 0.1) is 5.92 Å². The first kappa shape index (κ1) is 12.3. The molecule has 1 aliphatic heterocycles. The van der Waals surface area contributed by atoms with E-state index in [4.69, 9.17) is 4.74 Å². The molecule has 94 valence electrons. The van der Waals surface area contributed by atoms with E-state index in [0.29, 0.717) is 6.04 Å². The van der Waals surface area contributed by atoms with Crippen LogP contribution in [0.4, 0.5) is 0 Å². The van der Waals surface area contributed by atoms with E-state index in [2.05, 4.69) is 17.1 Å². The molecule has 1 heterocycles. The zero-order valence-electron chi connectivity index (χ0n) is 10.7. The standard InChI is InChI=1S/C13H26N2O/c1-11(6-8-16-2)15-7-5-12(10-15)9-14-13-3-4-13/h11-14H,3-10H2,1-2H3. The lowest BCUT2D eigenvalue weighted by atomic mass is 10.1. The normalized spacial score (nSPS) is 28.5. The summed E-state index contributed by atoms with van der Waals surface area (Å²) in [7, 11) is 1.79. The Morgan fingerprint density at radius 3 is 2.88 bits per heavy atom. The zero-order valence-corrected chi connectivity index (χ0v) is 10.7. The molecule has 0 spiro atoms. The number of likely N-dealkylation sites (tertiary alicyclic amines) is 1. The molecule has 2 atom stereocenters. The summed E-state index contributed by atoms with van der Waals surface area (Å²) in [6.45, 7) is 7.02. The van der Waals surface area contributed by atoms with Crippen LogP contribution in [0.1, 0.15) is 32.6 Å². The van der Waals surface area contributed by atoms with Gasteiger partial charge in [0.2, 0.25) is 0 Å². The molecule has 0 aromatic heterocycles. The predicted molar refractivity (Wildman–Crippen MR) is 66.7 cm³/mol. The Hall–Kier alpha value is -0.120. The predicted octanol–water partition coefficient (Wildman–Crippen LogP) is 1.49. The third-order valence-electron chi connectivity index (χ3n) is 3.95. The fourth-order valence-corrected chi connectivity index (χ4v) is 2.52. The molecule has 2 fully saturated rings. The van der Waals surface area contributed by atoms with Gasteiger partial charge in [0.1, 0.15) is 0 Å². The minimum absolute atomic E-state index is 0.686. The molecule has 1 aliphatic carbocycles. The van der Waals surface area contributed by atoms with Crippen molar-refractivity contribution in [2.45, 2.75) is 44.7 Å². The summed E-state index contributed by atoms with van der Waals surface area (Å²) in [5.41, 5.74) is 0. The number of hydrogen-bond acceptors (Lipinski definition) is 3. The maximum absolute atomic E-state index is 5.15. The van der Waals surface area contributed by atoms with Crippen LogP contribution >= 0.6 is 0 Å². The molecular formula is C13H26N2O. The van der Waals surface area contributed by atoms with E-state index < -0.39 is 0 Å². The van der Waals surface area contributed by atoms with Crippen molar-refractivity contribution in [3.63, 3.8) is 0 Å². The van der Waals surface area contributed by atoms with Gasteiger partial charge in [0.05, 0.1) is 0 Å². The second-order valence-electron chi connectivity index (χ2n) is 5.46. The summed E-state index contributed by atoms with van der Waals surface area (Å²) < 4.78 is 5.15. The van der Waals surface area contributed by atoms with Gasteiger partial charge in [-0.15, -0.1) is 0 Å². The summed E-state index contributed by atoms with van der Waals surface area (Å²) in [6, 6.07) is 1.55. The van der Waals surface area contributed by atoms with E-state index in [1.54, 1.807) is 7.11 Å². The van der Waals surface area contributed by atoms with Gasteiger partial charge in [-0.3, -0.25) is 0 Å². The number of hydrogen-bond donors (Lipinski definition) is 1. The van der Waals surface area contributed by atoms with Gasteiger partial charge >= 0.3 is 0 Å². The molecule has 1 N–H and O–H groups in total. The van der Waals surface area contributed by atoms with Gasteiger partial charge in [-0.25, -0.2) is 0 Å². The third-order valence-corrected chi connectivity index (χ3v) is 3.95. The number of methoxy groups -OCH3 is 1. The zero-order chi connectivity index (χ0) is 11.4. The number of ether oxygens (including phenoxy) is 1. The topological polar surface area (TPSA) is 24.5 Å². The van der Waals surface area contributed by atoms with E-state index in [1.807, 2.05) is 0 Å². The highest BCUT2D eigenvalue weighted by Crippen LogP contribution is 2.22. The first-order valence-electron chi connectivity index (χ1n) is 6.76. The van der Waals surface area contributed by atoms with Crippen LogP contribution in [-0.4, -0.2) is 50.3 Å². The van der Waals surface area contributed by atoms with E-state index in [-0.39, 0.29) is 0 Å². The lowest BCUT2D eigenvalue weighted by molar-refractivity contribution is 0.150. The van der Waals surface area contributed by atoms with Gasteiger partial charge in [-0.1, -0.05) is 0 Å². The molecule has 0 bridgehead atoms. The van der Waals surface area contributed by atoms with Crippen molar-refractivity contribution >= 4 is 0 Å². The van der Waals surface area contributed by atoms with E-state index in [9.17, 15) is 0 Å². The Morgan fingerprint density at radius 1 is 1.38 bits per heavy atom. The van der Waals surface area contributed by atoms with Gasteiger partial charge in [0.25, 0.3) is 0 Å². The van der Waals surface area contributed by atoms with Crippen LogP contribution in [0.5, 0.6) is 0 Å². The van der Waals surface area contributed by atoms with Crippen molar-refractivity contribution < 1.29 is 4.74 Å². The second-order valence-corrected chi connectivity index (χ2v) is 5.46. The Labute approximate surface area is 99.5 Å². The van der Waals surface area contributed by atoms with E-state index in [0.717, 1.165) is 18.6 Å². The highest BCUT2D eigenvalue weighted by Gasteiger charge is 2.27. The van der Waals surface area contributed by atoms with Gasteiger partial charge in [-0.05, 0) is 51.6 Å². The molecule has 16 heavy (non-hydrogen) atoms. The van der Waals surface area contributed by atoms with Crippen molar-refractivity contribution in [1.29, 1.82) is 0 Å². The molecule has 0 aromatic rings. The number of rotatable bonds is 7. The van der Waals surface area contributed by atoms with Crippen LogP contribution < -0.4 is 5.32 Å². The summed E-state index contributed by atoms with van der Waals surface area (Å²) >= 11 is 0. The molecule has 0 aromatic carbocycles.